The van der Waals surface area contributed by atoms with Crippen LogP contribution in [0.15, 0.2) is 27.8 Å². The van der Waals surface area contributed by atoms with Crippen molar-refractivity contribution in [2.45, 2.75) is 6.42 Å². The maximum atomic E-state index is 12.7. The summed E-state index contributed by atoms with van der Waals surface area (Å²) in [6.45, 7) is -0.369. The summed E-state index contributed by atoms with van der Waals surface area (Å²) in [5, 5.41) is 5.23. The van der Waals surface area contributed by atoms with E-state index < -0.39 is 5.91 Å². The molecule has 8 nitrogen and oxygen atoms in total. The topological polar surface area (TPSA) is 111 Å². The van der Waals surface area contributed by atoms with Crippen LogP contribution in [0.2, 0.25) is 5.02 Å². The third kappa shape index (κ3) is 3.22. The number of carbonyl (C=O) groups is 3. The molecule has 0 aromatic heterocycles. The highest BCUT2D eigenvalue weighted by Gasteiger charge is 2.59. The predicted octanol–water partition coefficient (Wildman–Crippen LogP) is 2.12. The van der Waals surface area contributed by atoms with Crippen LogP contribution in [0, 0.1) is 23.7 Å². The van der Waals surface area contributed by atoms with Crippen LogP contribution < -0.4 is 15.2 Å². The zero-order chi connectivity index (χ0) is 20.9. The second kappa shape index (κ2) is 7.46. The van der Waals surface area contributed by atoms with Crippen molar-refractivity contribution in [3.63, 3.8) is 0 Å². The Bertz CT molecular complexity index is 949. The molecule has 2 N–H and O–H groups in total. The largest absolute Gasteiger partial charge is 0.493 e. The van der Waals surface area contributed by atoms with Crippen LogP contribution in [0.4, 0.5) is 0 Å². The number of benzene rings is 1. The van der Waals surface area contributed by atoms with Crippen molar-refractivity contribution in [3.8, 4) is 11.5 Å². The minimum Gasteiger partial charge on any atom is -0.493 e. The molecule has 0 radical (unpaired) electrons. The number of hydrazone groups is 1. The molecule has 1 heterocycles. The number of nitrogens with two attached hydrogens (primary N) is 1. The van der Waals surface area contributed by atoms with E-state index >= 15 is 0 Å². The predicted molar refractivity (Wildman–Crippen MR) is 108 cm³/mol. The zero-order valence-electron chi connectivity index (χ0n) is 15.3. The molecule has 1 aromatic carbocycles. The first-order valence-electron chi connectivity index (χ1n) is 8.90. The fourth-order valence-electron chi connectivity index (χ4n) is 4.25. The Hall–Kier alpha value is -2.39. The second-order valence-electron chi connectivity index (χ2n) is 7.11. The fourth-order valence-corrected chi connectivity index (χ4v) is 4.90. The Balaban J connectivity index is 1.60. The van der Waals surface area contributed by atoms with E-state index in [0.717, 1.165) is 11.4 Å². The first-order valence-corrected chi connectivity index (χ1v) is 10.1. The quantitative estimate of drug-likeness (QED) is 0.379. The molecule has 2 bridgehead atoms. The van der Waals surface area contributed by atoms with E-state index in [2.05, 4.69) is 21.0 Å². The number of rotatable bonds is 6. The number of methoxy groups -OCH3 is 1. The summed E-state index contributed by atoms with van der Waals surface area (Å²) in [5.41, 5.74) is 5.57. The maximum Gasteiger partial charge on any atom is 0.255 e. The fraction of sp³-hybridized carbons (Fsp3) is 0.368. The minimum atomic E-state index is -0.662. The minimum absolute atomic E-state index is 0.115. The SMILES string of the molecule is COc1cc(C=NN2C(=O)[C@@H]3[C@H](C2=O)[C@H]2C=C[C@H]3C2)c(Br)c(Cl)c1OCC(N)=O. The van der Waals surface area contributed by atoms with Gasteiger partial charge in [0.2, 0.25) is 0 Å². The van der Waals surface area contributed by atoms with Crippen molar-refractivity contribution >= 4 is 51.5 Å². The third-order valence-electron chi connectivity index (χ3n) is 5.49. The molecule has 0 spiro atoms. The number of imide groups is 1. The lowest BCUT2D eigenvalue weighted by atomic mass is 9.85. The highest BCUT2D eigenvalue weighted by atomic mass is 79.9. The van der Waals surface area contributed by atoms with Crippen LogP contribution in [-0.4, -0.2) is 42.7 Å². The van der Waals surface area contributed by atoms with Crippen LogP contribution in [-0.2, 0) is 14.4 Å². The number of halogens is 2. The molecule has 1 saturated heterocycles. The van der Waals surface area contributed by atoms with E-state index in [4.69, 9.17) is 26.8 Å². The average molecular weight is 483 g/mol. The summed E-state index contributed by atoms with van der Waals surface area (Å²) in [6, 6.07) is 1.56. The third-order valence-corrected chi connectivity index (χ3v) is 6.94. The highest BCUT2D eigenvalue weighted by Crippen LogP contribution is 2.52. The Morgan fingerprint density at radius 3 is 2.52 bits per heavy atom. The standard InChI is InChI=1S/C19H17BrClN3O5/c1-28-11-5-10(15(20)16(21)17(11)29-7-12(22)25)6-23-24-18(26)13-8-2-3-9(4-8)14(13)19(24)27/h2-3,5-6,8-9,13-14H,4,7H2,1H3,(H2,22,25)/t8-,9-,13-,14+/m0/s1. The van der Waals surface area contributed by atoms with E-state index in [9.17, 15) is 14.4 Å². The monoisotopic (exact) mass is 481 g/mol. The lowest BCUT2D eigenvalue weighted by Gasteiger charge is -2.15. The number of fused-ring (bicyclic) bond motifs is 5. The smallest absolute Gasteiger partial charge is 0.255 e. The molecule has 152 valence electrons. The van der Waals surface area contributed by atoms with Crippen LogP contribution in [0.3, 0.4) is 0 Å². The van der Waals surface area contributed by atoms with Gasteiger partial charge in [-0.05, 0) is 40.3 Å². The van der Waals surface area contributed by atoms with Gasteiger partial charge in [-0.2, -0.15) is 10.1 Å². The van der Waals surface area contributed by atoms with Gasteiger partial charge in [0.05, 0.1) is 25.2 Å². The van der Waals surface area contributed by atoms with Crippen LogP contribution >= 0.6 is 27.5 Å². The summed E-state index contributed by atoms with van der Waals surface area (Å²) in [6.07, 6.45) is 6.27. The molecule has 4 atom stereocenters. The Kier molecular flexibility index (Phi) is 5.12. The second-order valence-corrected chi connectivity index (χ2v) is 8.28. The van der Waals surface area contributed by atoms with Gasteiger partial charge in [-0.1, -0.05) is 23.8 Å². The van der Waals surface area contributed by atoms with Crippen molar-refractivity contribution < 1.29 is 23.9 Å². The Labute approximate surface area is 179 Å². The van der Waals surface area contributed by atoms with Gasteiger partial charge in [-0.15, -0.1) is 0 Å². The van der Waals surface area contributed by atoms with Crippen LogP contribution in [0.25, 0.3) is 0 Å². The molecule has 2 aliphatic carbocycles. The number of hydrogen-bond acceptors (Lipinski definition) is 6. The lowest BCUT2D eigenvalue weighted by Crippen LogP contribution is -2.28. The number of nitrogens with zero attached hydrogens (tertiary/aromatic N) is 2. The van der Waals surface area contributed by atoms with Crippen molar-refractivity contribution in [1.82, 2.24) is 5.01 Å². The number of primary amides is 1. The van der Waals surface area contributed by atoms with E-state index in [-0.39, 0.29) is 58.6 Å². The number of hydrogen-bond donors (Lipinski definition) is 1. The maximum absolute atomic E-state index is 12.7. The van der Waals surface area contributed by atoms with E-state index in [1.54, 1.807) is 6.07 Å². The molecule has 3 aliphatic rings. The number of carbonyl (C=O) groups excluding carboxylic acids is 3. The van der Waals surface area contributed by atoms with Crippen LogP contribution in [0.5, 0.6) is 11.5 Å². The number of amides is 3. The molecule has 1 saturated carbocycles. The van der Waals surface area contributed by atoms with Crippen LogP contribution in [0.1, 0.15) is 12.0 Å². The molecular weight excluding hydrogens is 466 g/mol. The number of ether oxygens (including phenoxy) is 2. The van der Waals surface area contributed by atoms with Gasteiger partial charge >= 0.3 is 0 Å². The van der Waals surface area contributed by atoms with Crippen molar-refractivity contribution in [2.24, 2.45) is 34.5 Å². The van der Waals surface area contributed by atoms with Crippen molar-refractivity contribution in [1.29, 1.82) is 0 Å². The average Bonchev–Trinajstić information content (AvgIpc) is 3.36. The summed E-state index contributed by atoms with van der Waals surface area (Å²) in [7, 11) is 1.41. The molecule has 0 unspecified atom stereocenters. The summed E-state index contributed by atoms with van der Waals surface area (Å²) < 4.78 is 11.0. The summed E-state index contributed by atoms with van der Waals surface area (Å²) >= 11 is 9.67. The van der Waals surface area contributed by atoms with Gasteiger partial charge in [0.1, 0.15) is 5.02 Å². The van der Waals surface area contributed by atoms with Gasteiger partial charge in [-0.25, -0.2) is 0 Å². The molecule has 29 heavy (non-hydrogen) atoms. The molecule has 1 aromatic rings. The molecule has 10 heteroatoms. The van der Waals surface area contributed by atoms with Gasteiger partial charge in [0.15, 0.2) is 18.1 Å². The normalized spacial score (nSPS) is 27.2. The molecule has 4 rings (SSSR count). The van der Waals surface area contributed by atoms with Gasteiger partial charge in [0.25, 0.3) is 17.7 Å². The highest BCUT2D eigenvalue weighted by molar-refractivity contribution is 9.10. The summed E-state index contributed by atoms with van der Waals surface area (Å²) in [5.74, 6) is -1.23. The van der Waals surface area contributed by atoms with Gasteiger partial charge in [-0.3, -0.25) is 14.4 Å². The van der Waals surface area contributed by atoms with E-state index in [0.29, 0.717) is 10.0 Å². The lowest BCUT2D eigenvalue weighted by molar-refractivity contribution is -0.140. The first-order chi connectivity index (χ1) is 13.8. The Morgan fingerprint density at radius 1 is 1.34 bits per heavy atom. The van der Waals surface area contributed by atoms with Crippen molar-refractivity contribution in [3.05, 3.63) is 33.3 Å². The zero-order valence-corrected chi connectivity index (χ0v) is 17.6. The molecule has 1 aliphatic heterocycles. The number of allylic oxidation sites excluding steroid dienone is 2. The van der Waals surface area contributed by atoms with Crippen molar-refractivity contribution in [2.75, 3.05) is 13.7 Å². The first kappa shape index (κ1) is 19.9. The summed E-state index contributed by atoms with van der Waals surface area (Å²) in [4.78, 5) is 36.4. The van der Waals surface area contributed by atoms with Gasteiger partial charge in [0, 0.05) is 10.0 Å². The Morgan fingerprint density at radius 2 is 1.97 bits per heavy atom. The molecule has 3 amide bonds. The van der Waals surface area contributed by atoms with Gasteiger partial charge < -0.3 is 15.2 Å². The molecule has 2 fully saturated rings. The molecular formula is C19H17BrClN3O5. The van der Waals surface area contributed by atoms with E-state index in [1.807, 2.05) is 12.2 Å². The van der Waals surface area contributed by atoms with E-state index in [1.165, 1.54) is 13.3 Å².